The number of hydrogen-bond donors (Lipinski definition) is 9. The Bertz CT molecular complexity index is 1460. The Labute approximate surface area is 381 Å². The molecular formula is C44H75N5O16. The van der Waals surface area contributed by atoms with E-state index in [1.54, 1.807) is 0 Å². The minimum Gasteiger partial charge on any atom is -0.481 e. The molecule has 21 nitrogen and oxygen atoms in total. The summed E-state index contributed by atoms with van der Waals surface area (Å²) in [6.45, 7) is 1.13. The summed E-state index contributed by atoms with van der Waals surface area (Å²) in [6.07, 6.45) is 15.1. The van der Waals surface area contributed by atoms with Gasteiger partial charge in [-0.2, -0.15) is 0 Å². The van der Waals surface area contributed by atoms with Crippen molar-refractivity contribution in [3.8, 4) is 0 Å². The highest BCUT2D eigenvalue weighted by atomic mass is 16.5. The lowest BCUT2D eigenvalue weighted by atomic mass is 10.0. The van der Waals surface area contributed by atoms with E-state index in [2.05, 4.69) is 26.6 Å². The van der Waals surface area contributed by atoms with Gasteiger partial charge >= 0.3 is 23.9 Å². The zero-order valence-corrected chi connectivity index (χ0v) is 38.1. The molecule has 0 aromatic carbocycles. The molecule has 0 aliphatic heterocycles. The van der Waals surface area contributed by atoms with Crippen LogP contribution in [0.25, 0.3) is 0 Å². The van der Waals surface area contributed by atoms with Crippen LogP contribution in [0, 0.1) is 0 Å². The number of ketones is 1. The van der Waals surface area contributed by atoms with Crippen LogP contribution in [-0.4, -0.2) is 137 Å². The average molecular weight is 930 g/mol. The summed E-state index contributed by atoms with van der Waals surface area (Å²) in [7, 11) is 0. The summed E-state index contributed by atoms with van der Waals surface area (Å²) in [4.78, 5) is 117. The molecule has 5 amide bonds. The largest absolute Gasteiger partial charge is 0.481 e. The number of carbonyl (C=O) groups excluding carboxylic acids is 6. The van der Waals surface area contributed by atoms with Crippen LogP contribution in [0.5, 0.6) is 0 Å². The molecule has 0 rings (SSSR count). The third-order valence-corrected chi connectivity index (χ3v) is 10.1. The Balaban J connectivity index is 3.98. The number of amides is 5. The first-order valence-corrected chi connectivity index (χ1v) is 23.0. The van der Waals surface area contributed by atoms with Gasteiger partial charge in [0, 0.05) is 51.6 Å². The van der Waals surface area contributed by atoms with Crippen LogP contribution in [-0.2, 0) is 57.4 Å². The Kier molecular flexibility index (Phi) is 36.1. The molecule has 21 heteroatoms. The van der Waals surface area contributed by atoms with Gasteiger partial charge in [-0.25, -0.2) is 14.4 Å². The van der Waals surface area contributed by atoms with E-state index in [1.165, 1.54) is 51.9 Å². The molecule has 0 radical (unpaired) electrons. The highest BCUT2D eigenvalue weighted by molar-refractivity contribution is 5.87. The van der Waals surface area contributed by atoms with Crippen LogP contribution in [0.15, 0.2) is 0 Å². The minimum absolute atomic E-state index is 0.00285. The van der Waals surface area contributed by atoms with Crippen molar-refractivity contribution in [2.75, 3.05) is 39.5 Å². The number of carbonyl (C=O) groups is 10. The summed E-state index contributed by atoms with van der Waals surface area (Å²) in [5.41, 5.74) is 0. The van der Waals surface area contributed by atoms with E-state index >= 15 is 0 Å². The number of ether oxygens (including phenoxy) is 2. The standard InChI is InChI=1S/C44H75N5O16/c1-32(50)20-21-33(42(58)59)48-39(54)25-23-35(44(62)63)49-40(55)31-65-30-29-64-28-27-46-37(52)24-22-34(43(60)61)47-38(53)18-16-26-45-36(51)17-14-12-10-8-6-4-2-3-5-7-9-11-13-15-19-41(56)57/h33-35H,2-31H2,1H3,(H,45,51)(H,46,52)(H,47,53)(H,48,54)(H,49,55)(H,56,57)(H,58,59)(H,60,61)(H,62,63)/t33-,34?,35?/m0/s1. The molecule has 0 fully saturated rings. The number of carboxylic acids is 4. The number of hydrogen-bond acceptors (Lipinski definition) is 12. The zero-order chi connectivity index (χ0) is 48.7. The van der Waals surface area contributed by atoms with Crippen molar-refractivity contribution in [3.63, 3.8) is 0 Å². The van der Waals surface area contributed by atoms with Gasteiger partial charge in [-0.15, -0.1) is 0 Å². The second-order valence-electron chi connectivity index (χ2n) is 16.0. The van der Waals surface area contributed by atoms with Gasteiger partial charge in [0.05, 0.1) is 19.8 Å². The van der Waals surface area contributed by atoms with Gasteiger partial charge in [0.1, 0.15) is 30.5 Å². The van der Waals surface area contributed by atoms with Crippen molar-refractivity contribution in [2.45, 2.75) is 179 Å². The Hall–Kier alpha value is -5.18. The summed E-state index contributed by atoms with van der Waals surface area (Å²) < 4.78 is 10.5. The summed E-state index contributed by atoms with van der Waals surface area (Å²) >= 11 is 0. The maximum Gasteiger partial charge on any atom is 0.326 e. The fourth-order valence-electron chi connectivity index (χ4n) is 6.42. The van der Waals surface area contributed by atoms with Crippen LogP contribution < -0.4 is 26.6 Å². The van der Waals surface area contributed by atoms with Crippen molar-refractivity contribution >= 4 is 59.2 Å². The average Bonchev–Trinajstić information content (AvgIpc) is 3.24. The molecule has 0 bridgehead atoms. The van der Waals surface area contributed by atoms with Gasteiger partial charge in [0.25, 0.3) is 0 Å². The lowest BCUT2D eigenvalue weighted by molar-refractivity contribution is -0.144. The highest BCUT2D eigenvalue weighted by Gasteiger charge is 2.25. The van der Waals surface area contributed by atoms with E-state index in [9.17, 15) is 63.3 Å². The van der Waals surface area contributed by atoms with E-state index in [0.717, 1.165) is 44.9 Å². The lowest BCUT2D eigenvalue weighted by Crippen LogP contribution is -2.45. The van der Waals surface area contributed by atoms with Crippen LogP contribution >= 0.6 is 0 Å². The molecule has 65 heavy (non-hydrogen) atoms. The van der Waals surface area contributed by atoms with E-state index in [0.29, 0.717) is 12.8 Å². The SMILES string of the molecule is CC(=O)CC[C@H](NC(=O)CCC(NC(=O)COCCOCCNC(=O)CCC(NC(=O)CCCNC(=O)CCCCCCCCCCCCCCCCC(=O)O)C(=O)O)C(=O)O)C(=O)O. The van der Waals surface area contributed by atoms with Crippen LogP contribution in [0.1, 0.15) is 161 Å². The topological polar surface area (TPSA) is 330 Å². The van der Waals surface area contributed by atoms with Crippen LogP contribution in [0.2, 0.25) is 0 Å². The molecule has 0 spiro atoms. The Morgan fingerprint density at radius 2 is 0.754 bits per heavy atom. The van der Waals surface area contributed by atoms with Crippen molar-refractivity contribution in [3.05, 3.63) is 0 Å². The van der Waals surface area contributed by atoms with Crippen molar-refractivity contribution in [2.24, 2.45) is 0 Å². The molecule has 0 aromatic heterocycles. The van der Waals surface area contributed by atoms with Gasteiger partial charge in [-0.3, -0.25) is 28.8 Å². The van der Waals surface area contributed by atoms with Crippen molar-refractivity contribution < 1.29 is 77.8 Å². The molecule has 0 heterocycles. The molecule has 2 unspecified atom stereocenters. The Morgan fingerprint density at radius 3 is 1.23 bits per heavy atom. The predicted molar refractivity (Wildman–Crippen MR) is 235 cm³/mol. The fourth-order valence-corrected chi connectivity index (χ4v) is 6.42. The van der Waals surface area contributed by atoms with E-state index in [4.69, 9.17) is 14.6 Å². The minimum atomic E-state index is -1.45. The maximum atomic E-state index is 12.3. The maximum absolute atomic E-state index is 12.3. The Morgan fingerprint density at radius 1 is 0.385 bits per heavy atom. The first-order chi connectivity index (χ1) is 31.0. The van der Waals surface area contributed by atoms with Crippen LogP contribution in [0.4, 0.5) is 0 Å². The van der Waals surface area contributed by atoms with Gasteiger partial charge in [0.15, 0.2) is 0 Å². The monoisotopic (exact) mass is 930 g/mol. The van der Waals surface area contributed by atoms with E-state index in [1.807, 2.05) is 0 Å². The number of nitrogens with one attached hydrogen (secondary N) is 5. The van der Waals surface area contributed by atoms with Crippen molar-refractivity contribution in [1.29, 1.82) is 0 Å². The number of aliphatic carboxylic acids is 4. The zero-order valence-electron chi connectivity index (χ0n) is 38.1. The number of Topliss-reactive ketones (excluding diaryl/α,β-unsaturated/α-hetero) is 1. The summed E-state index contributed by atoms with van der Waals surface area (Å²) in [5.74, 6) is -7.64. The molecule has 0 aromatic rings. The third-order valence-electron chi connectivity index (χ3n) is 10.1. The number of carboxylic acid groups (broad SMARTS) is 4. The van der Waals surface area contributed by atoms with Gasteiger partial charge in [-0.05, 0) is 45.4 Å². The normalized spacial score (nSPS) is 12.3. The van der Waals surface area contributed by atoms with Crippen molar-refractivity contribution in [1.82, 2.24) is 26.6 Å². The number of unbranched alkanes of at least 4 members (excludes halogenated alkanes) is 13. The van der Waals surface area contributed by atoms with Crippen LogP contribution in [0.3, 0.4) is 0 Å². The molecule has 0 saturated carbocycles. The van der Waals surface area contributed by atoms with Gasteiger partial charge < -0.3 is 61.3 Å². The molecule has 372 valence electrons. The second kappa shape index (κ2) is 39.2. The lowest BCUT2D eigenvalue weighted by Gasteiger charge is -2.16. The molecule has 3 atom stereocenters. The number of rotatable bonds is 44. The highest BCUT2D eigenvalue weighted by Crippen LogP contribution is 2.14. The summed E-state index contributed by atoms with van der Waals surface area (Å²) in [6, 6.07) is -4.05. The van der Waals surface area contributed by atoms with E-state index < -0.39 is 78.7 Å². The second-order valence-corrected chi connectivity index (χ2v) is 16.0. The van der Waals surface area contributed by atoms with E-state index in [-0.39, 0.29) is 89.5 Å². The smallest absolute Gasteiger partial charge is 0.326 e. The summed E-state index contributed by atoms with van der Waals surface area (Å²) in [5, 5.41) is 49.0. The predicted octanol–water partition coefficient (Wildman–Crippen LogP) is 3.00. The first kappa shape index (κ1) is 59.8. The van der Waals surface area contributed by atoms with Gasteiger partial charge in [0.2, 0.25) is 29.5 Å². The molecule has 0 aliphatic carbocycles. The molecular weight excluding hydrogens is 855 g/mol. The first-order valence-electron chi connectivity index (χ1n) is 23.0. The fraction of sp³-hybridized carbons (Fsp3) is 0.773. The molecule has 9 N–H and O–H groups in total. The third kappa shape index (κ3) is 37.9. The quantitative estimate of drug-likeness (QED) is 0.0397. The molecule has 0 saturated heterocycles. The molecule has 0 aliphatic rings. The van der Waals surface area contributed by atoms with Gasteiger partial charge in [-0.1, -0.05) is 77.0 Å².